The quantitative estimate of drug-likeness (QED) is 0.606. The van der Waals surface area contributed by atoms with Crippen LogP contribution in [0.2, 0.25) is 0 Å². The van der Waals surface area contributed by atoms with Gasteiger partial charge in [-0.2, -0.15) is 0 Å². The van der Waals surface area contributed by atoms with Crippen LogP contribution in [0.4, 0.5) is 5.69 Å². The maximum absolute atomic E-state index is 10.8. The van der Waals surface area contributed by atoms with Gasteiger partial charge in [-0.25, -0.2) is 4.79 Å². The van der Waals surface area contributed by atoms with Gasteiger partial charge in [0, 0.05) is 6.07 Å². The Balaban J connectivity index is 3.33. The van der Waals surface area contributed by atoms with Crippen LogP contribution in [0.15, 0.2) is 12.3 Å². The molecule has 80 valence electrons. The van der Waals surface area contributed by atoms with E-state index in [0.717, 1.165) is 12.3 Å². The molecule has 0 atom stereocenters. The summed E-state index contributed by atoms with van der Waals surface area (Å²) in [5, 5.41) is 19.3. The van der Waals surface area contributed by atoms with Crippen molar-refractivity contribution in [2.24, 2.45) is 0 Å². The van der Waals surface area contributed by atoms with E-state index in [9.17, 15) is 14.9 Å². The van der Waals surface area contributed by atoms with E-state index in [1.165, 1.54) is 0 Å². The van der Waals surface area contributed by atoms with Gasteiger partial charge in [0.2, 0.25) is 0 Å². The van der Waals surface area contributed by atoms with Crippen molar-refractivity contribution < 1.29 is 14.8 Å². The molecule has 0 aromatic carbocycles. The molecule has 0 fully saturated rings. The van der Waals surface area contributed by atoms with E-state index in [2.05, 4.69) is 4.98 Å². The van der Waals surface area contributed by atoms with E-state index >= 15 is 0 Å². The maximum Gasteiger partial charge on any atom is 0.337 e. The first-order valence-electron chi connectivity index (χ1n) is 4.31. The van der Waals surface area contributed by atoms with Gasteiger partial charge in [-0.15, -0.1) is 0 Å². The number of hydrogen-bond donors (Lipinski definition) is 1. The second-order valence-electron chi connectivity index (χ2n) is 3.34. The number of rotatable bonds is 3. The minimum absolute atomic E-state index is 0.0862. The first kappa shape index (κ1) is 11.1. The molecule has 0 aliphatic carbocycles. The van der Waals surface area contributed by atoms with Crippen molar-refractivity contribution in [1.29, 1.82) is 0 Å². The normalized spacial score (nSPS) is 10.3. The molecule has 6 heteroatoms. The van der Waals surface area contributed by atoms with Crippen molar-refractivity contribution in [2.75, 3.05) is 0 Å². The summed E-state index contributed by atoms with van der Waals surface area (Å²) in [4.78, 5) is 24.4. The van der Waals surface area contributed by atoms with E-state index in [0.29, 0.717) is 5.69 Å². The molecule has 0 radical (unpaired) electrons. The number of hydrogen-bond acceptors (Lipinski definition) is 4. The summed E-state index contributed by atoms with van der Waals surface area (Å²) in [6.07, 6.45) is 1.07. The molecule has 1 aromatic heterocycles. The summed E-state index contributed by atoms with van der Waals surface area (Å²) < 4.78 is 0. The van der Waals surface area contributed by atoms with Crippen molar-refractivity contribution in [2.45, 2.75) is 19.8 Å². The Bertz CT molecular complexity index is 415. The fourth-order valence-electron chi connectivity index (χ4n) is 1.20. The zero-order chi connectivity index (χ0) is 11.6. The number of aromatic carboxylic acids is 1. The van der Waals surface area contributed by atoms with Crippen LogP contribution in [0.1, 0.15) is 35.8 Å². The van der Waals surface area contributed by atoms with Gasteiger partial charge < -0.3 is 5.11 Å². The molecule has 1 aromatic rings. The van der Waals surface area contributed by atoms with Gasteiger partial charge >= 0.3 is 5.97 Å². The van der Waals surface area contributed by atoms with E-state index in [-0.39, 0.29) is 17.2 Å². The molecule has 0 unspecified atom stereocenters. The molecule has 0 bridgehead atoms. The molecule has 0 saturated carbocycles. The monoisotopic (exact) mass is 210 g/mol. The number of carboxylic acid groups (broad SMARTS) is 1. The average Bonchev–Trinajstić information content (AvgIpc) is 2.16. The summed E-state index contributed by atoms with van der Waals surface area (Å²) in [6.45, 7) is 3.56. The number of carboxylic acids is 1. The lowest BCUT2D eigenvalue weighted by Gasteiger charge is -2.07. The summed E-state index contributed by atoms with van der Waals surface area (Å²) in [5.74, 6) is -1.29. The highest BCUT2D eigenvalue weighted by atomic mass is 16.6. The van der Waals surface area contributed by atoms with E-state index < -0.39 is 10.9 Å². The molecule has 0 spiro atoms. The predicted octanol–water partition coefficient (Wildman–Crippen LogP) is 1.81. The van der Waals surface area contributed by atoms with Crippen LogP contribution in [-0.2, 0) is 0 Å². The molecule has 0 saturated heterocycles. The molecule has 6 nitrogen and oxygen atoms in total. The minimum Gasteiger partial charge on any atom is -0.478 e. The third kappa shape index (κ3) is 2.28. The Hall–Kier alpha value is -1.98. The Morgan fingerprint density at radius 3 is 2.60 bits per heavy atom. The van der Waals surface area contributed by atoms with Gasteiger partial charge in [-0.1, -0.05) is 13.8 Å². The van der Waals surface area contributed by atoms with E-state index in [1.807, 2.05) is 0 Å². The van der Waals surface area contributed by atoms with Gasteiger partial charge in [0.1, 0.15) is 6.20 Å². The number of nitro groups is 1. The Morgan fingerprint density at radius 2 is 2.20 bits per heavy atom. The first-order valence-corrected chi connectivity index (χ1v) is 4.31. The maximum atomic E-state index is 10.8. The van der Waals surface area contributed by atoms with Crippen LogP contribution in [-0.4, -0.2) is 21.0 Å². The SMILES string of the molecule is CC(C)c1ncc([N+](=O)[O-])cc1C(=O)O. The highest BCUT2D eigenvalue weighted by molar-refractivity contribution is 5.89. The van der Waals surface area contributed by atoms with Crippen molar-refractivity contribution in [3.05, 3.63) is 33.6 Å². The second-order valence-corrected chi connectivity index (χ2v) is 3.34. The molecular formula is C9H10N2O4. The highest BCUT2D eigenvalue weighted by Gasteiger charge is 2.18. The van der Waals surface area contributed by atoms with Gasteiger partial charge in [0.25, 0.3) is 5.69 Å². The van der Waals surface area contributed by atoms with Gasteiger partial charge in [0.05, 0.1) is 16.2 Å². The molecular weight excluding hydrogens is 200 g/mol. The van der Waals surface area contributed by atoms with Crippen LogP contribution < -0.4 is 0 Å². The standard InChI is InChI=1S/C9H10N2O4/c1-5(2)8-7(9(12)13)3-6(4-10-8)11(14)15/h3-5H,1-2H3,(H,12,13). The summed E-state index contributed by atoms with van der Waals surface area (Å²) in [6, 6.07) is 1.03. The van der Waals surface area contributed by atoms with Crippen LogP contribution in [0.5, 0.6) is 0 Å². The Labute approximate surface area is 85.7 Å². The summed E-state index contributed by atoms with van der Waals surface area (Å²) >= 11 is 0. The topological polar surface area (TPSA) is 93.3 Å². The zero-order valence-electron chi connectivity index (χ0n) is 8.30. The van der Waals surface area contributed by atoms with Crippen LogP contribution in [0.3, 0.4) is 0 Å². The van der Waals surface area contributed by atoms with Gasteiger partial charge in [-0.05, 0) is 5.92 Å². The van der Waals surface area contributed by atoms with Crippen LogP contribution in [0.25, 0.3) is 0 Å². The predicted molar refractivity (Wildman–Crippen MR) is 51.9 cm³/mol. The van der Waals surface area contributed by atoms with Crippen molar-refractivity contribution in [3.8, 4) is 0 Å². The molecule has 1 N–H and O–H groups in total. The van der Waals surface area contributed by atoms with Gasteiger partial charge in [0.15, 0.2) is 0 Å². The molecule has 0 aliphatic rings. The molecule has 0 aliphatic heterocycles. The smallest absolute Gasteiger partial charge is 0.337 e. The van der Waals surface area contributed by atoms with Crippen LogP contribution in [0, 0.1) is 10.1 Å². The third-order valence-corrected chi connectivity index (χ3v) is 1.89. The second kappa shape index (κ2) is 4.04. The van der Waals surface area contributed by atoms with Crippen LogP contribution >= 0.6 is 0 Å². The number of carbonyl (C=O) groups is 1. The van der Waals surface area contributed by atoms with E-state index in [4.69, 9.17) is 5.11 Å². The average molecular weight is 210 g/mol. The van der Waals surface area contributed by atoms with Crippen molar-refractivity contribution in [3.63, 3.8) is 0 Å². The largest absolute Gasteiger partial charge is 0.478 e. The number of aromatic nitrogens is 1. The number of nitrogens with zero attached hydrogens (tertiary/aromatic N) is 2. The Morgan fingerprint density at radius 1 is 1.60 bits per heavy atom. The lowest BCUT2D eigenvalue weighted by molar-refractivity contribution is -0.385. The first-order chi connectivity index (χ1) is 6.93. The third-order valence-electron chi connectivity index (χ3n) is 1.89. The molecule has 0 amide bonds. The fourth-order valence-corrected chi connectivity index (χ4v) is 1.20. The minimum atomic E-state index is -1.20. The Kier molecular flexibility index (Phi) is 2.99. The summed E-state index contributed by atoms with van der Waals surface area (Å²) in [7, 11) is 0. The van der Waals surface area contributed by atoms with Crippen molar-refractivity contribution in [1.82, 2.24) is 4.98 Å². The highest BCUT2D eigenvalue weighted by Crippen LogP contribution is 2.21. The fraction of sp³-hybridized carbons (Fsp3) is 0.333. The van der Waals surface area contributed by atoms with Gasteiger partial charge in [-0.3, -0.25) is 15.1 Å². The molecule has 15 heavy (non-hydrogen) atoms. The number of pyridine rings is 1. The lowest BCUT2D eigenvalue weighted by atomic mass is 10.0. The lowest BCUT2D eigenvalue weighted by Crippen LogP contribution is -2.07. The zero-order valence-corrected chi connectivity index (χ0v) is 8.30. The van der Waals surface area contributed by atoms with E-state index in [1.54, 1.807) is 13.8 Å². The summed E-state index contributed by atoms with van der Waals surface area (Å²) in [5.41, 5.74) is -0.0656. The molecule has 1 heterocycles. The molecule has 1 rings (SSSR count). The van der Waals surface area contributed by atoms with Crippen molar-refractivity contribution >= 4 is 11.7 Å².